The first kappa shape index (κ1) is 20.0. The third kappa shape index (κ3) is 3.88. The lowest BCUT2D eigenvalue weighted by molar-refractivity contribution is 0.0465. The summed E-state index contributed by atoms with van der Waals surface area (Å²) in [5.74, 6) is -0.244. The van der Waals surface area contributed by atoms with Gasteiger partial charge in [0.1, 0.15) is 12.3 Å². The van der Waals surface area contributed by atoms with Gasteiger partial charge in [0.25, 0.3) is 0 Å². The number of hydrogen-bond donors (Lipinski definition) is 1. The number of esters is 1. The summed E-state index contributed by atoms with van der Waals surface area (Å²) in [7, 11) is 4.01. The molecule has 4 rings (SSSR count). The molecule has 0 saturated carbocycles. The van der Waals surface area contributed by atoms with E-state index in [-0.39, 0.29) is 18.3 Å². The fourth-order valence-corrected chi connectivity index (χ4v) is 4.11. The predicted molar refractivity (Wildman–Crippen MR) is 117 cm³/mol. The number of nitrogens with zero attached hydrogens (tertiary/aromatic N) is 1. The number of Topliss-reactive ketones (excluding diaryl/α,β-unsaturated/α-hetero) is 1. The van der Waals surface area contributed by atoms with E-state index in [1.54, 1.807) is 0 Å². The molecule has 1 atom stereocenters. The van der Waals surface area contributed by atoms with Gasteiger partial charge < -0.3 is 14.6 Å². The minimum Gasteiger partial charge on any atom is -0.456 e. The average Bonchev–Trinajstić information content (AvgIpc) is 3.09. The Kier molecular flexibility index (Phi) is 5.44. The molecule has 0 aliphatic heterocycles. The molecule has 0 fully saturated rings. The maximum absolute atomic E-state index is 12.9. The van der Waals surface area contributed by atoms with E-state index >= 15 is 0 Å². The maximum Gasteiger partial charge on any atom is 0.355 e. The Morgan fingerprint density at radius 2 is 1.77 bits per heavy atom. The van der Waals surface area contributed by atoms with E-state index in [2.05, 4.69) is 34.1 Å². The molecule has 1 aromatic heterocycles. The van der Waals surface area contributed by atoms with Gasteiger partial charge in [0, 0.05) is 37.5 Å². The summed E-state index contributed by atoms with van der Waals surface area (Å²) in [6.45, 7) is 2.02. The molecule has 1 heterocycles. The van der Waals surface area contributed by atoms with Gasteiger partial charge >= 0.3 is 5.97 Å². The lowest BCUT2D eigenvalue weighted by Crippen LogP contribution is -2.18. The summed E-state index contributed by atoms with van der Waals surface area (Å²) >= 11 is 0. The van der Waals surface area contributed by atoms with E-state index in [1.807, 2.05) is 51.4 Å². The zero-order valence-electron chi connectivity index (χ0n) is 17.6. The standard InChI is InChI=1S/C25H26N2O3/c1-16-23-21(26-24(16)25(29)30-15-17-7-5-4-6-8-17)13-19(14-22(23)28)18-9-11-20(12-10-18)27(2)3/h4-12,19,26H,13-15H2,1-3H3/t19-/m1/s1. The minimum absolute atomic E-state index is 0.0776. The number of hydrogen-bond acceptors (Lipinski definition) is 4. The van der Waals surface area contributed by atoms with Crippen molar-refractivity contribution in [2.75, 3.05) is 19.0 Å². The molecule has 3 aromatic rings. The van der Waals surface area contributed by atoms with E-state index < -0.39 is 5.97 Å². The molecular formula is C25H26N2O3. The Morgan fingerprint density at radius 1 is 1.07 bits per heavy atom. The SMILES string of the molecule is Cc1c(C(=O)OCc2ccccc2)[nH]c2c1C(=O)C[C@H](c1ccc(N(C)C)cc1)C2. The van der Waals surface area contributed by atoms with Gasteiger partial charge in [0.05, 0.1) is 0 Å². The van der Waals surface area contributed by atoms with Gasteiger partial charge in [-0.25, -0.2) is 4.79 Å². The van der Waals surface area contributed by atoms with Crippen molar-refractivity contribution in [1.29, 1.82) is 0 Å². The molecule has 30 heavy (non-hydrogen) atoms. The van der Waals surface area contributed by atoms with Crippen LogP contribution in [0.3, 0.4) is 0 Å². The molecule has 1 N–H and O–H groups in total. The molecule has 154 valence electrons. The van der Waals surface area contributed by atoms with Gasteiger partial charge in [-0.05, 0) is 48.1 Å². The quantitative estimate of drug-likeness (QED) is 0.631. The summed E-state index contributed by atoms with van der Waals surface area (Å²) in [6, 6.07) is 17.9. The molecule has 0 unspecified atom stereocenters. The zero-order chi connectivity index (χ0) is 21.3. The third-order valence-electron chi connectivity index (χ3n) is 5.79. The predicted octanol–water partition coefficient (Wildman–Crippen LogP) is 4.66. The smallest absolute Gasteiger partial charge is 0.355 e. The Hall–Kier alpha value is -3.34. The van der Waals surface area contributed by atoms with Gasteiger partial charge in [-0.3, -0.25) is 4.79 Å². The fourth-order valence-electron chi connectivity index (χ4n) is 4.11. The maximum atomic E-state index is 12.9. The second-order valence-corrected chi connectivity index (χ2v) is 8.05. The number of ether oxygens (including phenoxy) is 1. The van der Waals surface area contributed by atoms with Crippen LogP contribution in [0, 0.1) is 6.92 Å². The first-order valence-corrected chi connectivity index (χ1v) is 10.2. The second kappa shape index (κ2) is 8.19. The van der Waals surface area contributed by atoms with Gasteiger partial charge in [-0.2, -0.15) is 0 Å². The summed E-state index contributed by atoms with van der Waals surface area (Å²) in [4.78, 5) is 30.8. The minimum atomic E-state index is -0.426. The lowest BCUT2D eigenvalue weighted by atomic mass is 9.81. The highest BCUT2D eigenvalue weighted by Gasteiger charge is 2.32. The number of carbonyl (C=O) groups is 2. The molecule has 2 aromatic carbocycles. The highest BCUT2D eigenvalue weighted by molar-refractivity contribution is 6.03. The van der Waals surface area contributed by atoms with E-state index in [0.29, 0.717) is 29.7 Å². The highest BCUT2D eigenvalue weighted by atomic mass is 16.5. The number of fused-ring (bicyclic) bond motifs is 1. The first-order valence-electron chi connectivity index (χ1n) is 10.2. The Morgan fingerprint density at radius 3 is 2.43 bits per heavy atom. The van der Waals surface area contributed by atoms with Crippen LogP contribution in [0.5, 0.6) is 0 Å². The number of carbonyl (C=O) groups excluding carboxylic acids is 2. The Labute approximate surface area is 176 Å². The van der Waals surface area contributed by atoms with Crippen molar-refractivity contribution in [3.63, 3.8) is 0 Å². The van der Waals surface area contributed by atoms with Gasteiger partial charge in [0.15, 0.2) is 5.78 Å². The number of anilines is 1. The fraction of sp³-hybridized carbons (Fsp3) is 0.280. The Balaban J connectivity index is 1.53. The second-order valence-electron chi connectivity index (χ2n) is 8.05. The van der Waals surface area contributed by atoms with Crippen LogP contribution in [0.4, 0.5) is 5.69 Å². The van der Waals surface area contributed by atoms with Crippen molar-refractivity contribution in [3.8, 4) is 0 Å². The monoisotopic (exact) mass is 402 g/mol. The van der Waals surface area contributed by atoms with E-state index in [1.165, 1.54) is 0 Å². The van der Waals surface area contributed by atoms with Crippen LogP contribution < -0.4 is 4.90 Å². The summed E-state index contributed by atoms with van der Waals surface area (Å²) < 4.78 is 5.47. The molecule has 5 heteroatoms. The van der Waals surface area contributed by atoms with Crippen LogP contribution >= 0.6 is 0 Å². The number of H-pyrrole nitrogens is 1. The third-order valence-corrected chi connectivity index (χ3v) is 5.79. The van der Waals surface area contributed by atoms with Gasteiger partial charge in [-0.1, -0.05) is 42.5 Å². The number of nitrogens with one attached hydrogen (secondary N) is 1. The number of aromatic amines is 1. The topological polar surface area (TPSA) is 62.4 Å². The number of benzene rings is 2. The molecule has 0 amide bonds. The highest BCUT2D eigenvalue weighted by Crippen LogP contribution is 2.35. The average molecular weight is 402 g/mol. The van der Waals surface area contributed by atoms with Crippen molar-refractivity contribution in [3.05, 3.63) is 88.2 Å². The van der Waals surface area contributed by atoms with Crippen molar-refractivity contribution < 1.29 is 14.3 Å². The van der Waals surface area contributed by atoms with Crippen molar-refractivity contribution in [2.45, 2.75) is 32.3 Å². The lowest BCUT2D eigenvalue weighted by Gasteiger charge is -2.23. The van der Waals surface area contributed by atoms with E-state index in [4.69, 9.17) is 4.74 Å². The molecule has 0 saturated heterocycles. The number of aromatic nitrogens is 1. The van der Waals surface area contributed by atoms with Gasteiger partial charge in [0.2, 0.25) is 0 Å². The molecule has 0 bridgehead atoms. The van der Waals surface area contributed by atoms with Crippen LogP contribution in [-0.2, 0) is 17.8 Å². The molecular weight excluding hydrogens is 376 g/mol. The molecule has 1 aliphatic carbocycles. The molecule has 1 aliphatic rings. The Bertz CT molecular complexity index is 1070. The first-order chi connectivity index (χ1) is 14.4. The number of rotatable bonds is 5. The van der Waals surface area contributed by atoms with Crippen LogP contribution in [-0.4, -0.2) is 30.8 Å². The zero-order valence-corrected chi connectivity index (χ0v) is 17.6. The van der Waals surface area contributed by atoms with Gasteiger partial charge in [-0.15, -0.1) is 0 Å². The normalized spacial score (nSPS) is 15.6. The summed E-state index contributed by atoms with van der Waals surface area (Å²) in [6.07, 6.45) is 1.15. The summed E-state index contributed by atoms with van der Waals surface area (Å²) in [5.41, 5.74) is 5.75. The van der Waals surface area contributed by atoms with Crippen LogP contribution in [0.15, 0.2) is 54.6 Å². The van der Waals surface area contributed by atoms with Crippen molar-refractivity contribution in [1.82, 2.24) is 4.98 Å². The van der Waals surface area contributed by atoms with E-state index in [0.717, 1.165) is 22.5 Å². The number of ketones is 1. The van der Waals surface area contributed by atoms with Crippen molar-refractivity contribution >= 4 is 17.4 Å². The van der Waals surface area contributed by atoms with Crippen LogP contribution in [0.2, 0.25) is 0 Å². The van der Waals surface area contributed by atoms with Crippen LogP contribution in [0.1, 0.15) is 55.6 Å². The van der Waals surface area contributed by atoms with Crippen molar-refractivity contribution in [2.24, 2.45) is 0 Å². The molecule has 5 nitrogen and oxygen atoms in total. The molecule has 0 spiro atoms. The van der Waals surface area contributed by atoms with Crippen LogP contribution in [0.25, 0.3) is 0 Å². The van der Waals surface area contributed by atoms with E-state index in [9.17, 15) is 9.59 Å². The summed E-state index contributed by atoms with van der Waals surface area (Å²) in [5, 5.41) is 0. The largest absolute Gasteiger partial charge is 0.456 e. The molecule has 0 radical (unpaired) electrons.